The van der Waals surface area contributed by atoms with Crippen molar-refractivity contribution in [1.29, 1.82) is 0 Å². The zero-order valence-corrected chi connectivity index (χ0v) is 19.9. The molecule has 34 heavy (non-hydrogen) atoms. The van der Waals surface area contributed by atoms with Crippen molar-refractivity contribution in [3.05, 3.63) is 60.2 Å². The van der Waals surface area contributed by atoms with E-state index in [0.717, 1.165) is 94.2 Å². The van der Waals surface area contributed by atoms with Gasteiger partial charge < -0.3 is 24.3 Å². The smallest absolute Gasteiger partial charge is 0.224 e. The van der Waals surface area contributed by atoms with Gasteiger partial charge in [-0.05, 0) is 62.9 Å². The first-order chi connectivity index (χ1) is 16.8. The minimum atomic E-state index is 0.0915. The van der Waals surface area contributed by atoms with Crippen LogP contribution in [0.2, 0.25) is 0 Å². The number of para-hydroxylation sites is 2. The third-order valence-electron chi connectivity index (χ3n) is 7.05. The molecule has 180 valence electrons. The van der Waals surface area contributed by atoms with Crippen LogP contribution in [-0.2, 0) is 17.8 Å². The number of amides is 1. The molecule has 0 aliphatic carbocycles. The second-order valence-corrected chi connectivity index (χ2v) is 9.44. The molecule has 1 N–H and O–H groups in total. The number of piperidine rings is 1. The third kappa shape index (κ3) is 5.39. The molecule has 1 amide bonds. The SMILES string of the molecule is O=C(Cc1c2n(c3ccccc13)CCCO2)NCC1CCN(CCCOc2ccccc2)CC1. The number of aryl methyl sites for hydroxylation is 1. The average molecular weight is 462 g/mol. The maximum Gasteiger partial charge on any atom is 0.224 e. The summed E-state index contributed by atoms with van der Waals surface area (Å²) >= 11 is 0. The summed E-state index contributed by atoms with van der Waals surface area (Å²) in [5, 5.41) is 4.34. The molecule has 2 aliphatic heterocycles. The van der Waals surface area contributed by atoms with Crippen molar-refractivity contribution in [3.8, 4) is 11.6 Å². The molecule has 2 aliphatic rings. The van der Waals surface area contributed by atoms with Gasteiger partial charge in [-0.25, -0.2) is 0 Å². The Kier molecular flexibility index (Phi) is 7.34. The number of rotatable bonds is 9. The molecule has 0 saturated carbocycles. The predicted octanol–water partition coefficient (Wildman–Crippen LogP) is 4.26. The summed E-state index contributed by atoms with van der Waals surface area (Å²) in [4.78, 5) is 15.4. The Labute approximate surface area is 201 Å². The molecule has 0 spiro atoms. The first-order valence-corrected chi connectivity index (χ1v) is 12.7. The van der Waals surface area contributed by atoms with Crippen LogP contribution in [0.1, 0.15) is 31.2 Å². The van der Waals surface area contributed by atoms with Crippen LogP contribution in [0.4, 0.5) is 0 Å². The summed E-state index contributed by atoms with van der Waals surface area (Å²) in [7, 11) is 0. The fraction of sp³-hybridized carbons (Fsp3) is 0.464. The first-order valence-electron chi connectivity index (χ1n) is 12.7. The minimum absolute atomic E-state index is 0.0915. The Morgan fingerprint density at radius 1 is 1.03 bits per heavy atom. The number of fused-ring (bicyclic) bond motifs is 3. The molecular formula is C28H35N3O3. The van der Waals surface area contributed by atoms with E-state index >= 15 is 0 Å². The zero-order valence-electron chi connectivity index (χ0n) is 19.9. The number of likely N-dealkylation sites (tertiary alicyclic amines) is 1. The number of carbonyl (C=O) groups excluding carboxylic acids is 1. The summed E-state index contributed by atoms with van der Waals surface area (Å²) in [5.74, 6) is 2.47. The molecule has 1 aromatic heterocycles. The lowest BCUT2D eigenvalue weighted by Crippen LogP contribution is -2.39. The maximum atomic E-state index is 12.8. The van der Waals surface area contributed by atoms with Crippen molar-refractivity contribution in [2.24, 2.45) is 5.92 Å². The van der Waals surface area contributed by atoms with E-state index in [-0.39, 0.29) is 5.91 Å². The van der Waals surface area contributed by atoms with Crippen LogP contribution < -0.4 is 14.8 Å². The molecule has 3 heterocycles. The molecule has 0 bridgehead atoms. The van der Waals surface area contributed by atoms with Crippen LogP contribution >= 0.6 is 0 Å². The normalized spacial score (nSPS) is 16.7. The fourth-order valence-electron chi connectivity index (χ4n) is 5.19. The molecule has 6 heteroatoms. The van der Waals surface area contributed by atoms with Gasteiger partial charge in [0, 0.05) is 30.6 Å². The Morgan fingerprint density at radius 2 is 1.82 bits per heavy atom. The molecule has 5 rings (SSSR count). The van der Waals surface area contributed by atoms with Gasteiger partial charge in [-0.2, -0.15) is 0 Å². The number of ether oxygens (including phenoxy) is 2. The van der Waals surface area contributed by atoms with E-state index in [1.54, 1.807) is 0 Å². The van der Waals surface area contributed by atoms with Crippen LogP contribution in [0.15, 0.2) is 54.6 Å². The second-order valence-electron chi connectivity index (χ2n) is 9.44. The van der Waals surface area contributed by atoms with E-state index in [2.05, 4.69) is 33.0 Å². The van der Waals surface area contributed by atoms with Gasteiger partial charge in [0.05, 0.1) is 25.2 Å². The van der Waals surface area contributed by atoms with Gasteiger partial charge in [0.15, 0.2) is 5.88 Å². The number of benzene rings is 2. The zero-order chi connectivity index (χ0) is 23.2. The van der Waals surface area contributed by atoms with Crippen LogP contribution in [0.25, 0.3) is 10.9 Å². The number of hydrogen-bond acceptors (Lipinski definition) is 4. The molecule has 0 unspecified atom stereocenters. The van der Waals surface area contributed by atoms with Gasteiger partial charge in [-0.3, -0.25) is 4.79 Å². The predicted molar refractivity (Wildman–Crippen MR) is 134 cm³/mol. The highest BCUT2D eigenvalue weighted by Gasteiger charge is 2.24. The van der Waals surface area contributed by atoms with Crippen molar-refractivity contribution in [1.82, 2.24) is 14.8 Å². The molecule has 2 aromatic carbocycles. The van der Waals surface area contributed by atoms with E-state index in [9.17, 15) is 4.79 Å². The lowest BCUT2D eigenvalue weighted by atomic mass is 9.96. The van der Waals surface area contributed by atoms with Gasteiger partial charge in [0.1, 0.15) is 5.75 Å². The highest BCUT2D eigenvalue weighted by atomic mass is 16.5. The molecule has 0 atom stereocenters. The maximum absolute atomic E-state index is 12.8. The van der Waals surface area contributed by atoms with Crippen molar-refractivity contribution >= 4 is 16.8 Å². The van der Waals surface area contributed by atoms with Crippen molar-refractivity contribution < 1.29 is 14.3 Å². The number of hydrogen-bond donors (Lipinski definition) is 1. The summed E-state index contributed by atoms with van der Waals surface area (Å²) in [6.45, 7) is 6.45. The Bertz CT molecular complexity index is 1090. The molecule has 3 aromatic rings. The van der Waals surface area contributed by atoms with Gasteiger partial charge in [0.2, 0.25) is 5.91 Å². The lowest BCUT2D eigenvalue weighted by Gasteiger charge is -2.32. The van der Waals surface area contributed by atoms with E-state index in [1.165, 1.54) is 5.52 Å². The van der Waals surface area contributed by atoms with Gasteiger partial charge in [-0.1, -0.05) is 36.4 Å². The fourth-order valence-corrected chi connectivity index (χ4v) is 5.19. The first kappa shape index (κ1) is 22.8. The molecule has 0 radical (unpaired) electrons. The van der Waals surface area contributed by atoms with Crippen LogP contribution in [0.5, 0.6) is 11.6 Å². The Hall–Kier alpha value is -2.99. The number of carbonyl (C=O) groups is 1. The van der Waals surface area contributed by atoms with Crippen molar-refractivity contribution in [3.63, 3.8) is 0 Å². The van der Waals surface area contributed by atoms with Crippen LogP contribution in [0, 0.1) is 5.92 Å². The van der Waals surface area contributed by atoms with Crippen LogP contribution in [-0.4, -0.2) is 54.8 Å². The molecule has 6 nitrogen and oxygen atoms in total. The molecular weight excluding hydrogens is 426 g/mol. The van der Waals surface area contributed by atoms with E-state index < -0.39 is 0 Å². The topological polar surface area (TPSA) is 55.7 Å². The van der Waals surface area contributed by atoms with Gasteiger partial charge in [0.25, 0.3) is 0 Å². The monoisotopic (exact) mass is 461 g/mol. The Balaban J connectivity index is 1.04. The highest BCUT2D eigenvalue weighted by molar-refractivity contribution is 5.92. The van der Waals surface area contributed by atoms with Crippen molar-refractivity contribution in [2.45, 2.75) is 38.6 Å². The van der Waals surface area contributed by atoms with Crippen LogP contribution in [0.3, 0.4) is 0 Å². The number of nitrogens with zero attached hydrogens (tertiary/aromatic N) is 2. The minimum Gasteiger partial charge on any atom is -0.494 e. The third-order valence-corrected chi connectivity index (χ3v) is 7.05. The standard InChI is InChI=1S/C28H35N3O3/c32-27(20-25-24-10-4-5-11-26(24)31-15-7-19-34-28(25)31)29-21-22-12-16-30(17-13-22)14-6-18-33-23-8-2-1-3-9-23/h1-5,8-11,22H,6-7,12-21H2,(H,29,32). The lowest BCUT2D eigenvalue weighted by molar-refractivity contribution is -0.120. The Morgan fingerprint density at radius 3 is 2.68 bits per heavy atom. The quantitative estimate of drug-likeness (QED) is 0.484. The van der Waals surface area contributed by atoms with Gasteiger partial charge in [-0.15, -0.1) is 0 Å². The number of aromatic nitrogens is 1. The van der Waals surface area contributed by atoms with E-state index in [4.69, 9.17) is 9.47 Å². The average Bonchev–Trinajstić information content (AvgIpc) is 3.20. The molecule has 1 saturated heterocycles. The molecule has 1 fully saturated rings. The highest BCUT2D eigenvalue weighted by Crippen LogP contribution is 2.34. The van der Waals surface area contributed by atoms with E-state index in [1.807, 2.05) is 36.4 Å². The van der Waals surface area contributed by atoms with Crippen molar-refractivity contribution in [2.75, 3.05) is 39.4 Å². The summed E-state index contributed by atoms with van der Waals surface area (Å²) in [5.41, 5.74) is 2.20. The van der Waals surface area contributed by atoms with E-state index in [0.29, 0.717) is 12.3 Å². The van der Waals surface area contributed by atoms with Gasteiger partial charge >= 0.3 is 0 Å². The number of nitrogens with one attached hydrogen (secondary N) is 1. The summed E-state index contributed by atoms with van der Waals surface area (Å²) in [6.07, 6.45) is 4.69. The largest absolute Gasteiger partial charge is 0.494 e. The second kappa shape index (κ2) is 11.0. The summed E-state index contributed by atoms with van der Waals surface area (Å²) < 4.78 is 14.0. The summed E-state index contributed by atoms with van der Waals surface area (Å²) in [6, 6.07) is 18.3.